The SMILES string of the molecule is CN(CCCCCN)C1CCC1. The smallest absolute Gasteiger partial charge is 0.00922 e. The molecule has 0 radical (unpaired) electrons. The van der Waals surface area contributed by atoms with E-state index in [9.17, 15) is 0 Å². The summed E-state index contributed by atoms with van der Waals surface area (Å²) in [4.78, 5) is 2.51. The number of hydrogen-bond donors (Lipinski definition) is 1. The fourth-order valence-corrected chi connectivity index (χ4v) is 1.69. The monoisotopic (exact) mass is 170 g/mol. The number of rotatable bonds is 6. The molecule has 0 atom stereocenters. The number of nitrogens with zero attached hydrogens (tertiary/aromatic N) is 1. The summed E-state index contributed by atoms with van der Waals surface area (Å²) in [6.07, 6.45) is 8.11. The summed E-state index contributed by atoms with van der Waals surface area (Å²) < 4.78 is 0. The Hall–Kier alpha value is -0.0800. The highest BCUT2D eigenvalue weighted by Gasteiger charge is 2.20. The molecule has 1 aliphatic rings. The highest BCUT2D eigenvalue weighted by atomic mass is 15.1. The second kappa shape index (κ2) is 5.55. The molecule has 1 saturated carbocycles. The van der Waals surface area contributed by atoms with Crippen LogP contribution in [0.25, 0.3) is 0 Å². The minimum absolute atomic E-state index is 0.854. The Morgan fingerprint density at radius 2 is 2.00 bits per heavy atom. The Bertz CT molecular complexity index is 110. The predicted molar refractivity (Wildman–Crippen MR) is 53.2 cm³/mol. The van der Waals surface area contributed by atoms with E-state index in [1.807, 2.05) is 0 Å². The summed E-state index contributed by atoms with van der Waals surface area (Å²) in [7, 11) is 2.26. The third-order valence-electron chi connectivity index (χ3n) is 2.91. The van der Waals surface area contributed by atoms with Crippen LogP contribution in [0.1, 0.15) is 38.5 Å². The van der Waals surface area contributed by atoms with Gasteiger partial charge >= 0.3 is 0 Å². The van der Waals surface area contributed by atoms with Gasteiger partial charge in [-0.3, -0.25) is 0 Å². The Morgan fingerprint density at radius 3 is 2.50 bits per heavy atom. The Balaban J connectivity index is 1.91. The predicted octanol–water partition coefficient (Wildman–Crippen LogP) is 1.60. The molecular formula is C10H22N2. The van der Waals surface area contributed by atoms with Crippen molar-refractivity contribution in [2.45, 2.75) is 44.6 Å². The van der Waals surface area contributed by atoms with Crippen LogP contribution in [-0.4, -0.2) is 31.1 Å². The first-order valence-electron chi connectivity index (χ1n) is 5.25. The average molecular weight is 170 g/mol. The minimum atomic E-state index is 0.854. The van der Waals surface area contributed by atoms with Crippen LogP contribution in [0.4, 0.5) is 0 Å². The second-order valence-corrected chi connectivity index (χ2v) is 3.91. The van der Waals surface area contributed by atoms with E-state index in [4.69, 9.17) is 5.73 Å². The summed E-state index contributed by atoms with van der Waals surface area (Å²) in [6.45, 7) is 2.12. The van der Waals surface area contributed by atoms with Crippen molar-refractivity contribution in [3.63, 3.8) is 0 Å². The average Bonchev–Trinajstić information content (AvgIpc) is 1.95. The van der Waals surface area contributed by atoms with Gasteiger partial charge in [0.1, 0.15) is 0 Å². The molecule has 1 rings (SSSR count). The van der Waals surface area contributed by atoms with Gasteiger partial charge in [0.15, 0.2) is 0 Å². The van der Waals surface area contributed by atoms with Crippen molar-refractivity contribution in [3.8, 4) is 0 Å². The molecular weight excluding hydrogens is 148 g/mol. The Morgan fingerprint density at radius 1 is 1.25 bits per heavy atom. The third-order valence-corrected chi connectivity index (χ3v) is 2.91. The van der Waals surface area contributed by atoms with Gasteiger partial charge in [0.25, 0.3) is 0 Å². The van der Waals surface area contributed by atoms with Crippen molar-refractivity contribution in [2.75, 3.05) is 20.1 Å². The van der Waals surface area contributed by atoms with Crippen molar-refractivity contribution >= 4 is 0 Å². The molecule has 0 spiro atoms. The highest BCUT2D eigenvalue weighted by molar-refractivity contribution is 4.77. The highest BCUT2D eigenvalue weighted by Crippen LogP contribution is 2.23. The Kier molecular flexibility index (Phi) is 4.62. The molecule has 0 aromatic rings. The zero-order valence-electron chi connectivity index (χ0n) is 8.26. The lowest BCUT2D eigenvalue weighted by atomic mass is 9.92. The molecule has 2 nitrogen and oxygen atoms in total. The van der Waals surface area contributed by atoms with Crippen LogP contribution < -0.4 is 5.73 Å². The van der Waals surface area contributed by atoms with E-state index in [-0.39, 0.29) is 0 Å². The molecule has 72 valence electrons. The van der Waals surface area contributed by atoms with E-state index in [1.165, 1.54) is 45.1 Å². The standard InChI is InChI=1S/C10H22N2/c1-12(10-6-5-7-10)9-4-2-3-8-11/h10H,2-9,11H2,1H3. The summed E-state index contributed by atoms with van der Waals surface area (Å²) >= 11 is 0. The molecule has 0 saturated heterocycles. The normalized spacial score (nSPS) is 18.2. The Labute approximate surface area is 76.1 Å². The molecule has 0 heterocycles. The van der Waals surface area contributed by atoms with Gasteiger partial charge in [-0.05, 0) is 45.8 Å². The molecule has 0 unspecified atom stereocenters. The fraction of sp³-hybridized carbons (Fsp3) is 1.00. The minimum Gasteiger partial charge on any atom is -0.330 e. The first-order chi connectivity index (χ1) is 5.84. The van der Waals surface area contributed by atoms with Crippen LogP contribution in [0.15, 0.2) is 0 Å². The quantitative estimate of drug-likeness (QED) is 0.613. The summed E-state index contributed by atoms with van der Waals surface area (Å²) in [5.41, 5.74) is 5.43. The summed E-state index contributed by atoms with van der Waals surface area (Å²) in [5.74, 6) is 0. The van der Waals surface area contributed by atoms with Gasteiger partial charge in [-0.2, -0.15) is 0 Å². The van der Waals surface area contributed by atoms with Crippen molar-refractivity contribution in [2.24, 2.45) is 5.73 Å². The first kappa shape index (κ1) is 10.0. The molecule has 2 N–H and O–H groups in total. The van der Waals surface area contributed by atoms with Crippen molar-refractivity contribution < 1.29 is 0 Å². The van der Waals surface area contributed by atoms with Gasteiger partial charge in [0.05, 0.1) is 0 Å². The van der Waals surface area contributed by atoms with E-state index in [0.717, 1.165) is 12.6 Å². The van der Waals surface area contributed by atoms with Crippen LogP contribution in [-0.2, 0) is 0 Å². The molecule has 2 heteroatoms. The molecule has 0 aromatic heterocycles. The number of nitrogens with two attached hydrogens (primary N) is 1. The van der Waals surface area contributed by atoms with Gasteiger partial charge < -0.3 is 10.6 Å². The van der Waals surface area contributed by atoms with E-state index < -0.39 is 0 Å². The molecule has 1 aliphatic carbocycles. The molecule has 12 heavy (non-hydrogen) atoms. The molecule has 0 aromatic carbocycles. The maximum Gasteiger partial charge on any atom is 0.00922 e. The van der Waals surface area contributed by atoms with Crippen LogP contribution in [0, 0.1) is 0 Å². The third kappa shape index (κ3) is 3.11. The topological polar surface area (TPSA) is 29.3 Å². The van der Waals surface area contributed by atoms with E-state index in [2.05, 4.69) is 11.9 Å². The van der Waals surface area contributed by atoms with E-state index >= 15 is 0 Å². The number of hydrogen-bond acceptors (Lipinski definition) is 2. The molecule has 0 bridgehead atoms. The van der Waals surface area contributed by atoms with Crippen molar-refractivity contribution in [3.05, 3.63) is 0 Å². The largest absolute Gasteiger partial charge is 0.330 e. The zero-order chi connectivity index (χ0) is 8.81. The maximum absolute atomic E-state index is 5.43. The first-order valence-corrected chi connectivity index (χ1v) is 5.25. The van der Waals surface area contributed by atoms with Crippen molar-refractivity contribution in [1.82, 2.24) is 4.90 Å². The van der Waals surface area contributed by atoms with Gasteiger partial charge in [-0.25, -0.2) is 0 Å². The van der Waals surface area contributed by atoms with E-state index in [0.29, 0.717) is 0 Å². The van der Waals surface area contributed by atoms with Crippen LogP contribution >= 0.6 is 0 Å². The van der Waals surface area contributed by atoms with Gasteiger partial charge in [0.2, 0.25) is 0 Å². The van der Waals surface area contributed by atoms with Gasteiger partial charge in [-0.15, -0.1) is 0 Å². The molecule has 0 aliphatic heterocycles. The lowest BCUT2D eigenvalue weighted by molar-refractivity contribution is 0.157. The molecule has 1 fully saturated rings. The van der Waals surface area contributed by atoms with Crippen LogP contribution in [0.3, 0.4) is 0 Å². The summed E-state index contributed by atoms with van der Waals surface area (Å²) in [5, 5.41) is 0. The summed E-state index contributed by atoms with van der Waals surface area (Å²) in [6, 6.07) is 0.905. The van der Waals surface area contributed by atoms with E-state index in [1.54, 1.807) is 0 Å². The van der Waals surface area contributed by atoms with Crippen LogP contribution in [0.2, 0.25) is 0 Å². The zero-order valence-corrected chi connectivity index (χ0v) is 8.26. The van der Waals surface area contributed by atoms with Gasteiger partial charge in [-0.1, -0.05) is 12.8 Å². The lowest BCUT2D eigenvalue weighted by Crippen LogP contribution is -2.37. The number of unbranched alkanes of at least 4 members (excludes halogenated alkanes) is 2. The van der Waals surface area contributed by atoms with Crippen molar-refractivity contribution in [1.29, 1.82) is 0 Å². The van der Waals surface area contributed by atoms with Crippen LogP contribution in [0.5, 0.6) is 0 Å². The lowest BCUT2D eigenvalue weighted by Gasteiger charge is -2.34. The maximum atomic E-state index is 5.43. The second-order valence-electron chi connectivity index (χ2n) is 3.91. The van der Waals surface area contributed by atoms with Gasteiger partial charge in [0, 0.05) is 6.04 Å². The fourth-order valence-electron chi connectivity index (χ4n) is 1.69. The molecule has 0 amide bonds.